The van der Waals surface area contributed by atoms with Gasteiger partial charge in [-0.1, -0.05) is 0 Å². The third-order valence-electron chi connectivity index (χ3n) is 3.14. The Balaban J connectivity index is 1.89. The summed E-state index contributed by atoms with van der Waals surface area (Å²) >= 11 is 1.31. The van der Waals surface area contributed by atoms with Gasteiger partial charge in [-0.25, -0.2) is 4.98 Å². The van der Waals surface area contributed by atoms with Gasteiger partial charge in [0.25, 0.3) is 5.91 Å². The van der Waals surface area contributed by atoms with Crippen LogP contribution < -0.4 is 5.32 Å². The summed E-state index contributed by atoms with van der Waals surface area (Å²) in [6, 6.07) is 0. The number of aliphatic hydroxyl groups excluding tert-OH is 1. The standard InChI is InChI=1S/C11H16N2O3S/c14-8-11(1-4-16-5-2-11)7-13-9(15)10-12-3-6-17-10/h3,6,14H,1-2,4-5,7-8H2,(H,13,15). The Morgan fingerprint density at radius 1 is 1.59 bits per heavy atom. The average molecular weight is 256 g/mol. The van der Waals surface area contributed by atoms with Crippen LogP contribution in [0, 0.1) is 5.41 Å². The number of hydrogen-bond donors (Lipinski definition) is 2. The van der Waals surface area contributed by atoms with Gasteiger partial charge in [0.15, 0.2) is 5.01 Å². The average Bonchev–Trinajstić information content (AvgIpc) is 2.91. The number of ether oxygens (including phenoxy) is 1. The molecule has 5 nitrogen and oxygen atoms in total. The van der Waals surface area contributed by atoms with E-state index in [4.69, 9.17) is 4.74 Å². The fraction of sp³-hybridized carbons (Fsp3) is 0.636. The van der Waals surface area contributed by atoms with Crippen molar-refractivity contribution in [1.29, 1.82) is 0 Å². The topological polar surface area (TPSA) is 71.5 Å². The van der Waals surface area contributed by atoms with Crippen LogP contribution in [0.15, 0.2) is 11.6 Å². The predicted molar refractivity (Wildman–Crippen MR) is 64.0 cm³/mol. The molecule has 1 saturated heterocycles. The van der Waals surface area contributed by atoms with Crippen molar-refractivity contribution < 1.29 is 14.6 Å². The van der Waals surface area contributed by atoms with Crippen molar-refractivity contribution in [1.82, 2.24) is 10.3 Å². The largest absolute Gasteiger partial charge is 0.396 e. The molecule has 2 heterocycles. The number of carbonyl (C=O) groups excluding carboxylic acids is 1. The molecule has 1 aromatic heterocycles. The minimum Gasteiger partial charge on any atom is -0.396 e. The van der Waals surface area contributed by atoms with Crippen LogP contribution >= 0.6 is 11.3 Å². The van der Waals surface area contributed by atoms with Crippen molar-refractivity contribution in [2.24, 2.45) is 5.41 Å². The van der Waals surface area contributed by atoms with Gasteiger partial charge in [0.2, 0.25) is 0 Å². The van der Waals surface area contributed by atoms with Gasteiger partial charge in [-0.3, -0.25) is 4.79 Å². The van der Waals surface area contributed by atoms with Crippen LogP contribution in [0.3, 0.4) is 0 Å². The molecule has 1 aliphatic rings. The van der Waals surface area contributed by atoms with Gasteiger partial charge in [-0.15, -0.1) is 11.3 Å². The summed E-state index contributed by atoms with van der Waals surface area (Å²) in [5.74, 6) is -0.167. The lowest BCUT2D eigenvalue weighted by Gasteiger charge is -2.35. The fourth-order valence-electron chi connectivity index (χ4n) is 1.87. The Kier molecular flexibility index (Phi) is 4.09. The number of aromatic nitrogens is 1. The molecule has 1 amide bonds. The zero-order chi connectivity index (χ0) is 12.1. The van der Waals surface area contributed by atoms with Crippen molar-refractivity contribution in [3.8, 4) is 0 Å². The lowest BCUT2D eigenvalue weighted by molar-refractivity contribution is -0.0146. The fourth-order valence-corrected chi connectivity index (χ4v) is 2.43. The van der Waals surface area contributed by atoms with E-state index in [1.54, 1.807) is 11.6 Å². The number of nitrogens with zero attached hydrogens (tertiary/aromatic N) is 1. The molecule has 6 heteroatoms. The van der Waals surface area contributed by atoms with Gasteiger partial charge < -0.3 is 15.2 Å². The van der Waals surface area contributed by atoms with Crippen LogP contribution in [0.5, 0.6) is 0 Å². The zero-order valence-corrected chi connectivity index (χ0v) is 10.3. The molecule has 0 saturated carbocycles. The van der Waals surface area contributed by atoms with E-state index in [0.29, 0.717) is 24.8 Å². The molecule has 1 aromatic rings. The summed E-state index contributed by atoms with van der Waals surface area (Å²) in [6.45, 7) is 1.85. The second-order valence-electron chi connectivity index (χ2n) is 4.29. The van der Waals surface area contributed by atoms with Crippen molar-refractivity contribution >= 4 is 17.2 Å². The Morgan fingerprint density at radius 2 is 2.35 bits per heavy atom. The zero-order valence-electron chi connectivity index (χ0n) is 9.52. The molecular formula is C11H16N2O3S. The molecule has 0 unspecified atom stereocenters. The third-order valence-corrected chi connectivity index (χ3v) is 3.91. The lowest BCUT2D eigenvalue weighted by Crippen LogP contribution is -2.43. The van der Waals surface area contributed by atoms with Gasteiger partial charge in [0.05, 0.1) is 6.61 Å². The Bertz CT molecular complexity index is 361. The minimum atomic E-state index is -0.231. The molecule has 94 valence electrons. The Morgan fingerprint density at radius 3 is 2.94 bits per heavy atom. The van der Waals surface area contributed by atoms with Crippen LogP contribution in [0.2, 0.25) is 0 Å². The number of aliphatic hydroxyl groups is 1. The van der Waals surface area contributed by atoms with Gasteiger partial charge in [-0.2, -0.15) is 0 Å². The molecule has 1 fully saturated rings. The highest BCUT2D eigenvalue weighted by atomic mass is 32.1. The van der Waals surface area contributed by atoms with E-state index in [0.717, 1.165) is 12.8 Å². The normalized spacial score (nSPS) is 18.9. The highest BCUT2D eigenvalue weighted by Gasteiger charge is 2.32. The number of carbonyl (C=O) groups is 1. The molecule has 0 spiro atoms. The summed E-state index contributed by atoms with van der Waals surface area (Å²) in [5.41, 5.74) is -0.231. The van der Waals surface area contributed by atoms with Crippen LogP contribution in [-0.2, 0) is 4.74 Å². The summed E-state index contributed by atoms with van der Waals surface area (Å²) in [4.78, 5) is 15.7. The van der Waals surface area contributed by atoms with Crippen LogP contribution in [0.1, 0.15) is 22.6 Å². The number of amides is 1. The summed E-state index contributed by atoms with van der Waals surface area (Å²) in [6.07, 6.45) is 3.17. The molecule has 17 heavy (non-hydrogen) atoms. The number of nitrogens with one attached hydrogen (secondary N) is 1. The Labute approximate surface area is 104 Å². The number of hydrogen-bond acceptors (Lipinski definition) is 5. The highest BCUT2D eigenvalue weighted by molar-refractivity contribution is 7.11. The molecule has 0 atom stereocenters. The molecule has 0 bridgehead atoms. The summed E-state index contributed by atoms with van der Waals surface area (Å²) in [5, 5.41) is 14.5. The van der Waals surface area contributed by atoms with Gasteiger partial charge in [0.1, 0.15) is 0 Å². The van der Waals surface area contributed by atoms with E-state index >= 15 is 0 Å². The summed E-state index contributed by atoms with van der Waals surface area (Å²) in [7, 11) is 0. The van der Waals surface area contributed by atoms with Gasteiger partial charge in [0, 0.05) is 36.8 Å². The van der Waals surface area contributed by atoms with E-state index in [-0.39, 0.29) is 17.9 Å². The van der Waals surface area contributed by atoms with E-state index in [1.807, 2.05) is 0 Å². The second kappa shape index (κ2) is 5.57. The van der Waals surface area contributed by atoms with Crippen molar-refractivity contribution in [3.05, 3.63) is 16.6 Å². The quantitative estimate of drug-likeness (QED) is 0.830. The van der Waals surface area contributed by atoms with Crippen molar-refractivity contribution in [2.45, 2.75) is 12.8 Å². The van der Waals surface area contributed by atoms with E-state index in [9.17, 15) is 9.90 Å². The maximum Gasteiger partial charge on any atom is 0.280 e. The maximum atomic E-state index is 11.7. The smallest absolute Gasteiger partial charge is 0.280 e. The number of thiazole rings is 1. The Hall–Kier alpha value is -0.980. The molecule has 0 aromatic carbocycles. The molecule has 0 aliphatic carbocycles. The predicted octanol–water partition coefficient (Wildman–Crippen LogP) is 0.662. The highest BCUT2D eigenvalue weighted by Crippen LogP contribution is 2.29. The molecule has 2 rings (SSSR count). The summed E-state index contributed by atoms with van der Waals surface area (Å²) < 4.78 is 5.27. The van der Waals surface area contributed by atoms with Crippen LogP contribution in [0.4, 0.5) is 0 Å². The third kappa shape index (κ3) is 3.02. The molecule has 0 radical (unpaired) electrons. The first-order chi connectivity index (χ1) is 8.26. The van der Waals surface area contributed by atoms with E-state index in [1.165, 1.54) is 11.3 Å². The molecular weight excluding hydrogens is 240 g/mol. The van der Waals surface area contributed by atoms with Crippen LogP contribution in [-0.4, -0.2) is 42.4 Å². The van der Waals surface area contributed by atoms with Gasteiger partial charge in [-0.05, 0) is 12.8 Å². The minimum absolute atomic E-state index is 0.0779. The van der Waals surface area contributed by atoms with E-state index in [2.05, 4.69) is 10.3 Å². The first kappa shape index (κ1) is 12.5. The lowest BCUT2D eigenvalue weighted by atomic mass is 9.81. The van der Waals surface area contributed by atoms with Crippen molar-refractivity contribution in [3.63, 3.8) is 0 Å². The first-order valence-electron chi connectivity index (χ1n) is 5.62. The maximum absolute atomic E-state index is 11.7. The van der Waals surface area contributed by atoms with Crippen molar-refractivity contribution in [2.75, 3.05) is 26.4 Å². The molecule has 1 aliphatic heterocycles. The molecule has 2 N–H and O–H groups in total. The SMILES string of the molecule is O=C(NCC1(CO)CCOCC1)c1nccs1. The van der Waals surface area contributed by atoms with Crippen LogP contribution in [0.25, 0.3) is 0 Å². The van der Waals surface area contributed by atoms with Gasteiger partial charge >= 0.3 is 0 Å². The second-order valence-corrected chi connectivity index (χ2v) is 5.18. The first-order valence-corrected chi connectivity index (χ1v) is 6.50. The monoisotopic (exact) mass is 256 g/mol. The number of rotatable bonds is 4. The van der Waals surface area contributed by atoms with E-state index < -0.39 is 0 Å².